The fourth-order valence-corrected chi connectivity index (χ4v) is 2.38. The monoisotopic (exact) mass is 307 g/mol. The minimum Gasteiger partial charge on any atom is -0.461 e. The molecule has 1 aliphatic rings. The van der Waals surface area contributed by atoms with Crippen molar-refractivity contribution >= 4 is 18.1 Å². The summed E-state index contributed by atoms with van der Waals surface area (Å²) in [6, 6.07) is -0.358. The van der Waals surface area contributed by atoms with Crippen molar-refractivity contribution in [3.63, 3.8) is 0 Å². The van der Waals surface area contributed by atoms with E-state index in [0.717, 1.165) is 5.69 Å². The quantitative estimate of drug-likeness (QED) is 0.477. The number of carbonyl (C=O) groups is 2. The number of aryl methyl sites for hydroxylation is 1. The Bertz CT molecular complexity index is 633. The molecular weight excluding hydrogens is 290 g/mol. The molecule has 2 amide bonds. The minimum atomic E-state index is -0.493. The number of carbonyl (C=O) groups excluding carboxylic acids is 3. The van der Waals surface area contributed by atoms with E-state index in [9.17, 15) is 14.4 Å². The SMILES string of the molecule is CCOC(=O)c1nn(C)c2c1CN(C(=O)NCN=C=O)CC2. The Hall–Kier alpha value is -2.67. The van der Waals surface area contributed by atoms with Gasteiger partial charge in [-0.15, -0.1) is 0 Å². The number of urea groups is 1. The molecule has 0 saturated carbocycles. The van der Waals surface area contributed by atoms with Crippen LogP contribution in [-0.4, -0.2) is 52.6 Å². The third-order valence-corrected chi connectivity index (χ3v) is 3.37. The summed E-state index contributed by atoms with van der Waals surface area (Å²) in [5.41, 5.74) is 1.85. The van der Waals surface area contributed by atoms with Crippen molar-refractivity contribution in [3.05, 3.63) is 17.0 Å². The van der Waals surface area contributed by atoms with Gasteiger partial charge < -0.3 is 15.0 Å². The highest BCUT2D eigenvalue weighted by atomic mass is 16.5. The molecule has 2 rings (SSSR count). The fraction of sp³-hybridized carbons (Fsp3) is 0.538. The molecule has 9 heteroatoms. The summed E-state index contributed by atoms with van der Waals surface area (Å²) in [5.74, 6) is -0.493. The van der Waals surface area contributed by atoms with Gasteiger partial charge in [-0.1, -0.05) is 0 Å². The molecule has 0 saturated heterocycles. The van der Waals surface area contributed by atoms with Gasteiger partial charge in [-0.05, 0) is 6.92 Å². The first-order valence-electron chi connectivity index (χ1n) is 6.86. The predicted molar refractivity (Wildman–Crippen MR) is 74.8 cm³/mol. The standard InChI is InChI=1S/C13H17N5O4/c1-3-22-12(20)11-9-6-18(13(21)15-7-14-8-19)5-4-10(9)17(2)16-11/h3-7H2,1-2H3,(H,15,21). The highest BCUT2D eigenvalue weighted by Crippen LogP contribution is 2.22. The second kappa shape index (κ2) is 6.86. The molecule has 9 nitrogen and oxygen atoms in total. The van der Waals surface area contributed by atoms with Crippen LogP contribution in [0.5, 0.6) is 0 Å². The Morgan fingerprint density at radius 3 is 2.95 bits per heavy atom. The molecule has 0 fully saturated rings. The van der Waals surface area contributed by atoms with E-state index in [1.807, 2.05) is 0 Å². The third kappa shape index (κ3) is 3.15. The number of ether oxygens (including phenoxy) is 1. The van der Waals surface area contributed by atoms with Gasteiger partial charge in [-0.2, -0.15) is 10.1 Å². The number of isocyanates is 1. The van der Waals surface area contributed by atoms with Crippen LogP contribution in [0.15, 0.2) is 4.99 Å². The first-order valence-corrected chi connectivity index (χ1v) is 6.86. The zero-order chi connectivity index (χ0) is 16.1. The average molecular weight is 307 g/mol. The number of hydrogen-bond acceptors (Lipinski definition) is 6. The molecule has 118 valence electrons. The number of nitrogens with zero attached hydrogens (tertiary/aromatic N) is 4. The van der Waals surface area contributed by atoms with Crippen molar-refractivity contribution in [2.75, 3.05) is 19.8 Å². The molecule has 0 atom stereocenters. The summed E-state index contributed by atoms with van der Waals surface area (Å²) >= 11 is 0. The number of aromatic nitrogens is 2. The van der Waals surface area contributed by atoms with Crippen LogP contribution in [0.3, 0.4) is 0 Å². The summed E-state index contributed by atoms with van der Waals surface area (Å²) in [6.45, 7) is 2.61. The average Bonchev–Trinajstić information content (AvgIpc) is 2.84. The molecule has 1 aromatic heterocycles. The van der Waals surface area contributed by atoms with Gasteiger partial charge in [0.25, 0.3) is 0 Å². The molecular formula is C13H17N5O4. The van der Waals surface area contributed by atoms with Gasteiger partial charge >= 0.3 is 12.0 Å². The Kier molecular flexibility index (Phi) is 4.90. The normalized spacial score (nSPS) is 13.1. The molecule has 2 heterocycles. The fourth-order valence-electron chi connectivity index (χ4n) is 2.38. The Balaban J connectivity index is 2.16. The Morgan fingerprint density at radius 1 is 1.50 bits per heavy atom. The number of nitrogens with one attached hydrogen (secondary N) is 1. The molecule has 0 aliphatic carbocycles. The molecule has 0 unspecified atom stereocenters. The number of esters is 1. The number of rotatable bonds is 4. The molecule has 1 aliphatic heterocycles. The number of aliphatic imine (C=N–C) groups is 1. The van der Waals surface area contributed by atoms with Crippen molar-refractivity contribution in [2.45, 2.75) is 19.9 Å². The maximum atomic E-state index is 12.0. The molecule has 0 bridgehead atoms. The lowest BCUT2D eigenvalue weighted by molar-refractivity contribution is 0.0516. The number of amides is 2. The van der Waals surface area contributed by atoms with Gasteiger partial charge in [0, 0.05) is 31.3 Å². The lowest BCUT2D eigenvalue weighted by atomic mass is 10.1. The summed E-state index contributed by atoms with van der Waals surface area (Å²) in [6.07, 6.45) is 1.94. The lowest BCUT2D eigenvalue weighted by Gasteiger charge is -2.27. The van der Waals surface area contributed by atoms with Gasteiger partial charge in [-0.3, -0.25) is 4.68 Å². The van der Waals surface area contributed by atoms with Crippen LogP contribution in [0.2, 0.25) is 0 Å². The first-order chi connectivity index (χ1) is 10.6. The van der Waals surface area contributed by atoms with E-state index in [2.05, 4.69) is 15.4 Å². The van der Waals surface area contributed by atoms with E-state index in [0.29, 0.717) is 18.5 Å². The van der Waals surface area contributed by atoms with Crippen molar-refractivity contribution in [2.24, 2.45) is 12.0 Å². The number of hydrogen-bond donors (Lipinski definition) is 1. The first kappa shape index (κ1) is 15.7. The van der Waals surface area contributed by atoms with Gasteiger partial charge in [-0.25, -0.2) is 14.4 Å². The predicted octanol–water partition coefficient (Wildman–Crippen LogP) is -0.0422. The highest BCUT2D eigenvalue weighted by molar-refractivity contribution is 5.89. The minimum absolute atomic E-state index is 0.122. The van der Waals surface area contributed by atoms with E-state index < -0.39 is 5.97 Å². The zero-order valence-corrected chi connectivity index (χ0v) is 12.5. The van der Waals surface area contributed by atoms with Crippen LogP contribution in [0.25, 0.3) is 0 Å². The van der Waals surface area contributed by atoms with Crippen molar-refractivity contribution in [1.29, 1.82) is 0 Å². The molecule has 0 spiro atoms. The molecule has 0 radical (unpaired) electrons. The second-order valence-corrected chi connectivity index (χ2v) is 4.68. The second-order valence-electron chi connectivity index (χ2n) is 4.68. The van der Waals surface area contributed by atoms with Crippen molar-refractivity contribution in [1.82, 2.24) is 20.0 Å². The van der Waals surface area contributed by atoms with Crippen LogP contribution in [0.4, 0.5) is 4.79 Å². The maximum absolute atomic E-state index is 12.0. The smallest absolute Gasteiger partial charge is 0.359 e. The van der Waals surface area contributed by atoms with Crippen molar-refractivity contribution in [3.8, 4) is 0 Å². The van der Waals surface area contributed by atoms with E-state index in [4.69, 9.17) is 4.74 Å². The van der Waals surface area contributed by atoms with E-state index in [-0.39, 0.29) is 31.5 Å². The van der Waals surface area contributed by atoms with Gasteiger partial charge in [0.05, 0.1) is 13.2 Å². The zero-order valence-electron chi connectivity index (χ0n) is 12.5. The van der Waals surface area contributed by atoms with Crippen LogP contribution >= 0.6 is 0 Å². The molecule has 1 aromatic rings. The van der Waals surface area contributed by atoms with Gasteiger partial charge in [0.1, 0.15) is 6.67 Å². The van der Waals surface area contributed by atoms with Crippen LogP contribution in [0.1, 0.15) is 28.7 Å². The Labute approximate surface area is 126 Å². The van der Waals surface area contributed by atoms with Crippen LogP contribution < -0.4 is 5.32 Å². The Morgan fingerprint density at radius 2 is 2.27 bits per heavy atom. The topological polar surface area (TPSA) is 106 Å². The summed E-state index contributed by atoms with van der Waals surface area (Å²) in [7, 11) is 1.76. The van der Waals surface area contributed by atoms with Gasteiger partial charge in [0.15, 0.2) is 5.69 Å². The van der Waals surface area contributed by atoms with Crippen LogP contribution in [0, 0.1) is 0 Å². The summed E-state index contributed by atoms with van der Waals surface area (Å²) in [4.78, 5) is 38.7. The summed E-state index contributed by atoms with van der Waals surface area (Å²) < 4.78 is 6.64. The largest absolute Gasteiger partial charge is 0.461 e. The lowest BCUT2D eigenvalue weighted by Crippen LogP contribution is -2.43. The molecule has 22 heavy (non-hydrogen) atoms. The van der Waals surface area contributed by atoms with Crippen molar-refractivity contribution < 1.29 is 19.1 Å². The summed E-state index contributed by atoms with van der Waals surface area (Å²) in [5, 5.41) is 6.67. The van der Waals surface area contributed by atoms with Gasteiger partial charge in [0.2, 0.25) is 6.08 Å². The van der Waals surface area contributed by atoms with E-state index in [1.165, 1.54) is 11.0 Å². The van der Waals surface area contributed by atoms with Crippen LogP contribution in [-0.2, 0) is 29.5 Å². The molecule has 0 aromatic carbocycles. The number of fused-ring (bicyclic) bond motifs is 1. The third-order valence-electron chi connectivity index (χ3n) is 3.37. The molecule has 1 N–H and O–H groups in total. The maximum Gasteiger partial charge on any atom is 0.359 e. The van der Waals surface area contributed by atoms with E-state index in [1.54, 1.807) is 18.7 Å². The van der Waals surface area contributed by atoms with E-state index >= 15 is 0 Å². The highest BCUT2D eigenvalue weighted by Gasteiger charge is 2.29.